The molecule has 2 saturated heterocycles. The van der Waals surface area contributed by atoms with Crippen molar-refractivity contribution in [3.05, 3.63) is 152 Å². The maximum absolute atomic E-state index is 12.8. The van der Waals surface area contributed by atoms with Crippen LogP contribution in [0.5, 0.6) is 0 Å². The van der Waals surface area contributed by atoms with Gasteiger partial charge in [0.2, 0.25) is 35.5 Å². The lowest BCUT2D eigenvalue weighted by Crippen LogP contribution is -2.50. The predicted octanol–water partition coefficient (Wildman–Crippen LogP) is 8.82. The molecule has 3 aromatic heterocycles. The van der Waals surface area contributed by atoms with Crippen LogP contribution in [-0.4, -0.2) is 111 Å². The van der Waals surface area contributed by atoms with Crippen LogP contribution >= 0.6 is 0 Å². The zero-order valence-corrected chi connectivity index (χ0v) is 41.8. The van der Waals surface area contributed by atoms with E-state index in [1.165, 1.54) is 26.7 Å². The number of nitrogens with zero attached hydrogens (tertiary/aromatic N) is 9. The molecule has 17 heteroatoms. The van der Waals surface area contributed by atoms with E-state index in [4.69, 9.17) is 0 Å². The minimum Gasteiger partial charge on any atom is -0.368 e. The fourth-order valence-electron chi connectivity index (χ4n) is 9.45. The standard InChI is InChI=1S/C29H29N7O2.C28H32N6O2/c1-21(37)32-24-9-7-23(8-10-24)27-11-13-31-29(34-27)33-25-5-2-6-26(19-25)35-14-16-36(17-15-35)28(38)18-22-4-3-12-30-20-22;1-20(35)30-23-11-9-21(10-12-23)26-13-14-29-28(32-26)31-24-7-4-8-25(19-24)33-15-17-34(18-16-33)27(36)22-5-2-3-6-22/h2-13,19-20H,14-18H2,1H3,(H,32,37)(H,31,33,34);4,7-14,19,22H,2-3,5-6,15-18H2,1H3,(H,30,35)(H,29,31,32). The SMILES string of the molecule is CC(=O)Nc1ccc(-c2ccnc(Nc3cccc(N4CCN(C(=O)C5CCCC5)CC4)c3)n2)cc1.CC(=O)Nc1ccc(-c2ccnc(Nc3cccc(N4CCN(C(=O)Cc5cccnc5)CC4)c3)n2)cc1. The minimum atomic E-state index is -0.107. The first-order chi connectivity index (χ1) is 36.1. The summed E-state index contributed by atoms with van der Waals surface area (Å²) < 4.78 is 0. The van der Waals surface area contributed by atoms with Gasteiger partial charge in [-0.1, -0.05) is 55.3 Å². The molecule has 0 bridgehead atoms. The van der Waals surface area contributed by atoms with Gasteiger partial charge in [-0.25, -0.2) is 19.9 Å². The Kier molecular flexibility index (Phi) is 16.4. The molecule has 0 radical (unpaired) electrons. The van der Waals surface area contributed by atoms with Gasteiger partial charge in [0, 0.05) is 142 Å². The molecular formula is C57H61N13O4. The smallest absolute Gasteiger partial charge is 0.227 e. The Balaban J connectivity index is 0.000000182. The van der Waals surface area contributed by atoms with E-state index in [0.717, 1.165) is 114 Å². The number of piperazine rings is 2. The molecule has 378 valence electrons. The monoisotopic (exact) mass is 991 g/mol. The van der Waals surface area contributed by atoms with E-state index in [9.17, 15) is 19.2 Å². The molecule has 0 spiro atoms. The Morgan fingerprint density at radius 2 is 1.01 bits per heavy atom. The molecule has 17 nitrogen and oxygen atoms in total. The zero-order valence-electron chi connectivity index (χ0n) is 41.8. The van der Waals surface area contributed by atoms with Crippen LogP contribution in [0.2, 0.25) is 0 Å². The van der Waals surface area contributed by atoms with Gasteiger partial charge in [-0.2, -0.15) is 0 Å². The summed E-state index contributed by atoms with van der Waals surface area (Å²) in [7, 11) is 0. The van der Waals surface area contributed by atoms with Crippen LogP contribution in [-0.2, 0) is 25.6 Å². The summed E-state index contributed by atoms with van der Waals surface area (Å²) in [5, 5.41) is 12.2. The van der Waals surface area contributed by atoms with Crippen molar-refractivity contribution in [3.8, 4) is 22.5 Å². The highest BCUT2D eigenvalue weighted by Gasteiger charge is 2.29. The Bertz CT molecular complexity index is 3030. The van der Waals surface area contributed by atoms with E-state index in [1.54, 1.807) is 24.8 Å². The highest BCUT2D eigenvalue weighted by Crippen LogP contribution is 2.30. The fourth-order valence-corrected chi connectivity index (χ4v) is 9.45. The summed E-state index contributed by atoms with van der Waals surface area (Å²) in [4.78, 5) is 78.7. The summed E-state index contributed by atoms with van der Waals surface area (Å²) in [5.41, 5.74) is 9.86. The Morgan fingerprint density at radius 1 is 0.527 bits per heavy atom. The van der Waals surface area contributed by atoms with Gasteiger partial charge in [-0.05, 0) is 97.3 Å². The third kappa shape index (κ3) is 13.6. The summed E-state index contributed by atoms with van der Waals surface area (Å²) >= 11 is 0. The molecule has 3 fully saturated rings. The van der Waals surface area contributed by atoms with Crippen LogP contribution in [0.4, 0.5) is 46.0 Å². The normalized spacial score (nSPS) is 14.6. The topological polar surface area (TPSA) is 194 Å². The lowest BCUT2D eigenvalue weighted by atomic mass is 10.1. The van der Waals surface area contributed by atoms with Crippen molar-refractivity contribution in [2.45, 2.75) is 46.0 Å². The first-order valence-corrected chi connectivity index (χ1v) is 25.2. The quantitative estimate of drug-likeness (QED) is 0.0857. The number of aromatic nitrogens is 5. The molecular weight excluding hydrogens is 931 g/mol. The molecule has 3 aliphatic rings. The number of carbonyl (C=O) groups is 4. The van der Waals surface area contributed by atoms with Crippen molar-refractivity contribution in [2.75, 3.05) is 83.4 Å². The highest BCUT2D eigenvalue weighted by atomic mass is 16.2. The minimum absolute atomic E-state index is 0.0991. The summed E-state index contributed by atoms with van der Waals surface area (Å²) in [6.45, 7) is 9.10. The van der Waals surface area contributed by atoms with Crippen molar-refractivity contribution >= 4 is 69.6 Å². The molecule has 0 unspecified atom stereocenters. The first kappa shape index (κ1) is 50.2. The molecule has 2 aliphatic heterocycles. The largest absolute Gasteiger partial charge is 0.368 e. The van der Waals surface area contributed by atoms with Crippen LogP contribution in [0, 0.1) is 5.92 Å². The van der Waals surface area contributed by atoms with Crippen molar-refractivity contribution in [1.29, 1.82) is 0 Å². The maximum atomic E-state index is 12.8. The molecule has 4 N–H and O–H groups in total. The van der Waals surface area contributed by atoms with Gasteiger partial charge in [-0.15, -0.1) is 0 Å². The molecule has 1 saturated carbocycles. The average Bonchev–Trinajstić information content (AvgIpc) is 3.97. The molecule has 10 rings (SSSR count). The fraction of sp³-hybridized carbons (Fsp3) is 0.281. The van der Waals surface area contributed by atoms with Crippen molar-refractivity contribution in [3.63, 3.8) is 0 Å². The van der Waals surface area contributed by atoms with Gasteiger partial charge < -0.3 is 40.9 Å². The Hall–Kier alpha value is -8.73. The number of anilines is 8. The molecule has 5 heterocycles. The van der Waals surface area contributed by atoms with Crippen LogP contribution in [0.1, 0.15) is 45.1 Å². The van der Waals surface area contributed by atoms with E-state index in [-0.39, 0.29) is 23.6 Å². The van der Waals surface area contributed by atoms with Crippen LogP contribution in [0.25, 0.3) is 22.5 Å². The Morgan fingerprint density at radius 3 is 1.47 bits per heavy atom. The third-order valence-corrected chi connectivity index (χ3v) is 13.3. The second-order valence-corrected chi connectivity index (χ2v) is 18.6. The maximum Gasteiger partial charge on any atom is 0.227 e. The zero-order chi connectivity index (χ0) is 51.2. The van der Waals surface area contributed by atoms with Crippen molar-refractivity contribution in [1.82, 2.24) is 34.7 Å². The lowest BCUT2D eigenvalue weighted by Gasteiger charge is -2.37. The number of nitrogens with one attached hydrogen (secondary N) is 4. The van der Waals surface area contributed by atoms with Crippen molar-refractivity contribution < 1.29 is 19.2 Å². The number of amides is 4. The second kappa shape index (κ2) is 24.1. The summed E-state index contributed by atoms with van der Waals surface area (Å²) in [5.74, 6) is 1.54. The number of pyridine rings is 1. The van der Waals surface area contributed by atoms with Crippen LogP contribution in [0.3, 0.4) is 0 Å². The van der Waals surface area contributed by atoms with Crippen LogP contribution in [0.15, 0.2) is 146 Å². The predicted molar refractivity (Wildman–Crippen MR) is 290 cm³/mol. The number of rotatable bonds is 13. The van der Waals surface area contributed by atoms with E-state index in [1.807, 2.05) is 102 Å². The first-order valence-electron chi connectivity index (χ1n) is 25.2. The average molecular weight is 992 g/mol. The molecule has 4 aromatic carbocycles. The van der Waals surface area contributed by atoms with Gasteiger partial charge in [0.1, 0.15) is 0 Å². The van der Waals surface area contributed by atoms with Gasteiger partial charge >= 0.3 is 0 Å². The van der Waals surface area contributed by atoms with Gasteiger partial charge in [0.05, 0.1) is 17.8 Å². The lowest BCUT2D eigenvalue weighted by molar-refractivity contribution is -0.135. The number of hydrogen-bond donors (Lipinski definition) is 4. The van der Waals surface area contributed by atoms with E-state index in [2.05, 4.69) is 85.2 Å². The number of benzene rings is 4. The molecule has 4 amide bonds. The molecule has 74 heavy (non-hydrogen) atoms. The van der Waals surface area contributed by atoms with Gasteiger partial charge in [0.15, 0.2) is 0 Å². The Labute approximate surface area is 431 Å². The van der Waals surface area contributed by atoms with E-state index < -0.39 is 0 Å². The summed E-state index contributed by atoms with van der Waals surface area (Å²) in [6.07, 6.45) is 11.8. The molecule has 1 aliphatic carbocycles. The number of hydrogen-bond acceptors (Lipinski definition) is 13. The van der Waals surface area contributed by atoms with E-state index >= 15 is 0 Å². The summed E-state index contributed by atoms with van der Waals surface area (Å²) in [6, 6.07) is 39.0. The molecule has 0 atom stereocenters. The van der Waals surface area contributed by atoms with Gasteiger partial charge in [-0.3, -0.25) is 24.2 Å². The second-order valence-electron chi connectivity index (χ2n) is 18.6. The highest BCUT2D eigenvalue weighted by molar-refractivity contribution is 5.89. The molecule has 7 aromatic rings. The van der Waals surface area contributed by atoms with Crippen LogP contribution < -0.4 is 31.1 Å². The van der Waals surface area contributed by atoms with Gasteiger partial charge in [0.25, 0.3) is 0 Å². The third-order valence-electron chi connectivity index (χ3n) is 13.3. The van der Waals surface area contributed by atoms with Crippen molar-refractivity contribution in [2.24, 2.45) is 5.92 Å². The number of carbonyl (C=O) groups excluding carboxylic acids is 4. The van der Waals surface area contributed by atoms with E-state index in [0.29, 0.717) is 37.3 Å².